The van der Waals surface area contributed by atoms with Gasteiger partial charge in [0.2, 0.25) is 0 Å². The van der Waals surface area contributed by atoms with Crippen LogP contribution < -0.4 is 5.73 Å². The zero-order chi connectivity index (χ0) is 11.4. The van der Waals surface area contributed by atoms with E-state index in [-0.39, 0.29) is 5.91 Å². The number of hydrogen-bond acceptors (Lipinski definition) is 3. The van der Waals surface area contributed by atoms with Gasteiger partial charge >= 0.3 is 0 Å². The highest BCUT2D eigenvalue weighted by Crippen LogP contribution is 2.10. The van der Waals surface area contributed by atoms with Crippen molar-refractivity contribution >= 4 is 11.6 Å². The third kappa shape index (κ3) is 2.71. The van der Waals surface area contributed by atoms with Crippen molar-refractivity contribution in [3.63, 3.8) is 0 Å². The molecular weight excluding hydrogens is 192 g/mol. The Bertz CT molecular complexity index is 345. The topological polar surface area (TPSA) is 64.2 Å². The fourth-order valence-electron chi connectivity index (χ4n) is 1.35. The number of aryl methyl sites for hydroxylation is 1. The molecule has 0 unspecified atom stereocenters. The first-order valence-electron chi connectivity index (χ1n) is 5.10. The van der Waals surface area contributed by atoms with E-state index in [0.717, 1.165) is 19.4 Å². The highest BCUT2D eigenvalue weighted by molar-refractivity contribution is 5.96. The summed E-state index contributed by atoms with van der Waals surface area (Å²) in [6, 6.07) is 0. The molecule has 0 radical (unpaired) electrons. The Balaban J connectivity index is 2.71. The largest absolute Gasteiger partial charge is 0.396 e. The standard InChI is InChI=1S/C10H18N4O/c1-4-5-6-13(2)10(15)9-8(11)7-14(3)12-9/h7H,4-6,11H2,1-3H3. The number of amides is 1. The van der Waals surface area contributed by atoms with Crippen LogP contribution in [-0.2, 0) is 7.05 Å². The Labute approximate surface area is 89.9 Å². The molecule has 1 aromatic rings. The summed E-state index contributed by atoms with van der Waals surface area (Å²) in [7, 11) is 3.52. The maximum absolute atomic E-state index is 11.9. The maximum atomic E-state index is 11.9. The number of nitrogen functional groups attached to an aromatic ring is 1. The van der Waals surface area contributed by atoms with Gasteiger partial charge in [0.15, 0.2) is 5.69 Å². The van der Waals surface area contributed by atoms with Gasteiger partial charge in [-0.2, -0.15) is 5.10 Å². The minimum absolute atomic E-state index is 0.110. The van der Waals surface area contributed by atoms with Gasteiger partial charge in [0.25, 0.3) is 5.91 Å². The number of anilines is 1. The van der Waals surface area contributed by atoms with Crippen molar-refractivity contribution < 1.29 is 4.79 Å². The van der Waals surface area contributed by atoms with E-state index in [1.54, 1.807) is 29.9 Å². The van der Waals surface area contributed by atoms with Crippen LogP contribution in [0.4, 0.5) is 5.69 Å². The second-order valence-corrected chi connectivity index (χ2v) is 3.69. The molecule has 2 N–H and O–H groups in total. The lowest BCUT2D eigenvalue weighted by Gasteiger charge is -2.15. The predicted molar refractivity (Wildman–Crippen MR) is 59.5 cm³/mol. The molecule has 1 amide bonds. The highest BCUT2D eigenvalue weighted by atomic mass is 16.2. The third-order valence-electron chi connectivity index (χ3n) is 2.25. The van der Waals surface area contributed by atoms with Gasteiger partial charge in [0, 0.05) is 26.8 Å². The van der Waals surface area contributed by atoms with Crippen LogP contribution in [0.2, 0.25) is 0 Å². The third-order valence-corrected chi connectivity index (χ3v) is 2.25. The summed E-state index contributed by atoms with van der Waals surface area (Å²) < 4.78 is 1.55. The van der Waals surface area contributed by atoms with Gasteiger partial charge in [0.1, 0.15) is 0 Å². The van der Waals surface area contributed by atoms with Crippen molar-refractivity contribution in [2.45, 2.75) is 19.8 Å². The summed E-state index contributed by atoms with van der Waals surface area (Å²) in [5, 5.41) is 4.04. The predicted octanol–water partition coefficient (Wildman–Crippen LogP) is 0.874. The molecule has 0 saturated heterocycles. The average molecular weight is 210 g/mol. The number of nitrogens with zero attached hydrogens (tertiary/aromatic N) is 3. The lowest BCUT2D eigenvalue weighted by Crippen LogP contribution is -2.28. The number of carbonyl (C=O) groups excluding carboxylic acids is 1. The van der Waals surface area contributed by atoms with E-state index >= 15 is 0 Å². The molecule has 0 bridgehead atoms. The molecule has 1 rings (SSSR count). The van der Waals surface area contributed by atoms with Gasteiger partial charge in [-0.25, -0.2) is 0 Å². The molecule has 0 spiro atoms. The first kappa shape index (κ1) is 11.6. The van der Waals surface area contributed by atoms with Gasteiger partial charge in [0.05, 0.1) is 5.69 Å². The Kier molecular flexibility index (Phi) is 3.71. The first-order chi connectivity index (χ1) is 7.06. The van der Waals surface area contributed by atoms with Crippen LogP contribution in [0, 0.1) is 0 Å². The van der Waals surface area contributed by atoms with Crippen LogP contribution in [-0.4, -0.2) is 34.2 Å². The molecule has 0 aromatic carbocycles. The second kappa shape index (κ2) is 4.82. The number of hydrogen-bond donors (Lipinski definition) is 1. The molecule has 0 atom stereocenters. The van der Waals surface area contributed by atoms with Crippen molar-refractivity contribution in [2.24, 2.45) is 7.05 Å². The maximum Gasteiger partial charge on any atom is 0.276 e. The molecule has 84 valence electrons. The van der Waals surface area contributed by atoms with E-state index in [2.05, 4.69) is 12.0 Å². The van der Waals surface area contributed by atoms with E-state index in [9.17, 15) is 4.79 Å². The quantitative estimate of drug-likeness (QED) is 0.802. The Hall–Kier alpha value is -1.52. The van der Waals surface area contributed by atoms with Crippen LogP contribution >= 0.6 is 0 Å². The van der Waals surface area contributed by atoms with E-state index in [1.807, 2.05) is 0 Å². The Morgan fingerprint density at radius 3 is 2.80 bits per heavy atom. The van der Waals surface area contributed by atoms with E-state index < -0.39 is 0 Å². The molecule has 1 aromatic heterocycles. The number of carbonyl (C=O) groups is 1. The molecule has 0 saturated carbocycles. The molecule has 0 aliphatic carbocycles. The number of aromatic nitrogens is 2. The zero-order valence-corrected chi connectivity index (χ0v) is 9.53. The van der Waals surface area contributed by atoms with Gasteiger partial charge in [-0.05, 0) is 6.42 Å². The molecule has 5 heteroatoms. The van der Waals surface area contributed by atoms with Crippen molar-refractivity contribution in [3.05, 3.63) is 11.9 Å². The van der Waals surface area contributed by atoms with Crippen LogP contribution in [0.15, 0.2) is 6.20 Å². The van der Waals surface area contributed by atoms with Crippen LogP contribution in [0.25, 0.3) is 0 Å². The Morgan fingerprint density at radius 2 is 2.33 bits per heavy atom. The fraction of sp³-hybridized carbons (Fsp3) is 0.600. The molecular formula is C10H18N4O. The lowest BCUT2D eigenvalue weighted by molar-refractivity contribution is 0.0787. The van der Waals surface area contributed by atoms with Crippen LogP contribution in [0.5, 0.6) is 0 Å². The summed E-state index contributed by atoms with van der Waals surface area (Å²) in [6.07, 6.45) is 3.70. The highest BCUT2D eigenvalue weighted by Gasteiger charge is 2.17. The second-order valence-electron chi connectivity index (χ2n) is 3.69. The number of nitrogens with two attached hydrogens (primary N) is 1. The minimum Gasteiger partial charge on any atom is -0.396 e. The SMILES string of the molecule is CCCCN(C)C(=O)c1nn(C)cc1N. The number of unbranched alkanes of at least 4 members (excludes halogenated alkanes) is 1. The Morgan fingerprint density at radius 1 is 1.67 bits per heavy atom. The monoisotopic (exact) mass is 210 g/mol. The summed E-state index contributed by atoms with van der Waals surface area (Å²) in [5.74, 6) is -0.110. The summed E-state index contributed by atoms with van der Waals surface area (Å²) in [6.45, 7) is 2.83. The van der Waals surface area contributed by atoms with E-state index in [4.69, 9.17) is 5.73 Å². The normalized spacial score (nSPS) is 10.3. The van der Waals surface area contributed by atoms with Crippen molar-refractivity contribution in [1.82, 2.24) is 14.7 Å². The summed E-state index contributed by atoms with van der Waals surface area (Å²) in [5.41, 5.74) is 6.46. The first-order valence-corrected chi connectivity index (χ1v) is 5.10. The molecule has 0 fully saturated rings. The van der Waals surface area contributed by atoms with E-state index in [1.165, 1.54) is 0 Å². The van der Waals surface area contributed by atoms with E-state index in [0.29, 0.717) is 11.4 Å². The summed E-state index contributed by atoms with van der Waals surface area (Å²) in [4.78, 5) is 13.5. The lowest BCUT2D eigenvalue weighted by atomic mass is 10.3. The molecule has 5 nitrogen and oxygen atoms in total. The average Bonchev–Trinajstić information content (AvgIpc) is 2.53. The van der Waals surface area contributed by atoms with Crippen molar-refractivity contribution in [2.75, 3.05) is 19.3 Å². The minimum atomic E-state index is -0.110. The molecule has 1 heterocycles. The van der Waals surface area contributed by atoms with Crippen LogP contribution in [0.3, 0.4) is 0 Å². The van der Waals surface area contributed by atoms with Gasteiger partial charge < -0.3 is 10.6 Å². The van der Waals surface area contributed by atoms with Crippen LogP contribution in [0.1, 0.15) is 30.3 Å². The smallest absolute Gasteiger partial charge is 0.276 e. The van der Waals surface area contributed by atoms with Crippen molar-refractivity contribution in [3.8, 4) is 0 Å². The zero-order valence-electron chi connectivity index (χ0n) is 9.53. The summed E-state index contributed by atoms with van der Waals surface area (Å²) >= 11 is 0. The number of rotatable bonds is 4. The molecule has 0 aliphatic heterocycles. The fourth-order valence-corrected chi connectivity index (χ4v) is 1.35. The molecule has 15 heavy (non-hydrogen) atoms. The van der Waals surface area contributed by atoms with Gasteiger partial charge in [-0.15, -0.1) is 0 Å². The van der Waals surface area contributed by atoms with Gasteiger partial charge in [-0.3, -0.25) is 9.48 Å². The molecule has 0 aliphatic rings. The van der Waals surface area contributed by atoms with Crippen molar-refractivity contribution in [1.29, 1.82) is 0 Å². The van der Waals surface area contributed by atoms with Gasteiger partial charge in [-0.1, -0.05) is 13.3 Å².